The summed E-state index contributed by atoms with van der Waals surface area (Å²) in [5, 5.41) is 6.15. The monoisotopic (exact) mass is 608 g/mol. The SMILES string of the molecule is CCN(c1cc(-c2ccc(CN3CCOCC3)cc2)cc(C(=O)NCC2C(=O)NC(C)CC2C)c1C)C1CC[S+]([O-])CC1. The van der Waals surface area contributed by atoms with Crippen LogP contribution in [-0.2, 0) is 27.3 Å². The molecule has 3 atom stereocenters. The fourth-order valence-electron chi connectivity index (χ4n) is 6.92. The molecule has 2 N–H and O–H groups in total. The number of nitrogens with one attached hydrogen (secondary N) is 2. The highest BCUT2D eigenvalue weighted by atomic mass is 32.2. The standard InChI is InChI=1S/C34H48N4O4S/c1-5-38(29-10-16-43(41)17-11-29)32-20-28(27-8-6-26(7-9-27)22-37-12-14-42-15-13-37)19-30(25(32)4)33(39)35-21-31-23(2)18-24(3)36-34(31)40/h6-9,19-20,23-24,29,31H,5,10-18,21-22H2,1-4H3,(H,35,39)(H,36,40). The topological polar surface area (TPSA) is 97.0 Å². The Morgan fingerprint density at radius 2 is 1.81 bits per heavy atom. The second-order valence-electron chi connectivity index (χ2n) is 12.6. The molecule has 0 saturated carbocycles. The number of hydrogen-bond donors (Lipinski definition) is 2. The number of carbonyl (C=O) groups excluding carboxylic acids is 2. The number of rotatable bonds is 9. The van der Waals surface area contributed by atoms with Gasteiger partial charge in [-0.25, -0.2) is 0 Å². The lowest BCUT2D eigenvalue weighted by atomic mass is 9.84. The van der Waals surface area contributed by atoms with Crippen LogP contribution < -0.4 is 15.5 Å². The van der Waals surface area contributed by atoms with Gasteiger partial charge < -0.3 is 24.8 Å². The van der Waals surface area contributed by atoms with Gasteiger partial charge in [-0.05, 0) is 67.5 Å². The van der Waals surface area contributed by atoms with Crippen molar-refractivity contribution in [3.05, 3.63) is 53.1 Å². The number of piperidine rings is 1. The summed E-state index contributed by atoms with van der Waals surface area (Å²) >= 11 is -0.740. The van der Waals surface area contributed by atoms with Crippen LogP contribution in [0.3, 0.4) is 0 Å². The minimum atomic E-state index is -0.740. The molecule has 43 heavy (non-hydrogen) atoms. The molecule has 2 amide bonds. The van der Waals surface area contributed by atoms with Crippen LogP contribution in [0.4, 0.5) is 5.69 Å². The molecule has 0 bridgehead atoms. The van der Waals surface area contributed by atoms with Crippen molar-refractivity contribution in [3.8, 4) is 11.1 Å². The fraction of sp³-hybridized carbons (Fsp3) is 0.588. The molecule has 2 aromatic carbocycles. The van der Waals surface area contributed by atoms with Crippen molar-refractivity contribution in [2.45, 2.75) is 65.6 Å². The average molecular weight is 609 g/mol. The highest BCUT2D eigenvalue weighted by Crippen LogP contribution is 2.34. The molecule has 9 heteroatoms. The summed E-state index contributed by atoms with van der Waals surface area (Å²) < 4.78 is 17.6. The summed E-state index contributed by atoms with van der Waals surface area (Å²) in [5.41, 5.74) is 5.96. The normalized spacial score (nSPS) is 26.5. The van der Waals surface area contributed by atoms with E-state index in [0.717, 1.165) is 92.5 Å². The van der Waals surface area contributed by atoms with E-state index in [1.165, 1.54) is 5.56 Å². The largest absolute Gasteiger partial charge is 0.616 e. The van der Waals surface area contributed by atoms with Gasteiger partial charge in [0, 0.05) is 68.9 Å². The Labute approximate surface area is 260 Å². The summed E-state index contributed by atoms with van der Waals surface area (Å²) in [5.74, 6) is 1.27. The van der Waals surface area contributed by atoms with Crippen LogP contribution in [0.2, 0.25) is 0 Å². The van der Waals surface area contributed by atoms with Crippen molar-refractivity contribution in [1.29, 1.82) is 0 Å². The third kappa shape index (κ3) is 7.74. The van der Waals surface area contributed by atoms with E-state index in [2.05, 4.69) is 64.6 Å². The van der Waals surface area contributed by atoms with E-state index in [1.807, 2.05) is 19.9 Å². The van der Waals surface area contributed by atoms with E-state index in [9.17, 15) is 14.1 Å². The van der Waals surface area contributed by atoms with Gasteiger partial charge in [-0.3, -0.25) is 14.5 Å². The first-order valence-corrected chi connectivity index (χ1v) is 17.5. The predicted octanol–water partition coefficient (Wildman–Crippen LogP) is 4.12. The highest BCUT2D eigenvalue weighted by Gasteiger charge is 2.33. The molecule has 3 fully saturated rings. The van der Waals surface area contributed by atoms with Gasteiger partial charge in [0.2, 0.25) is 5.91 Å². The van der Waals surface area contributed by atoms with Crippen molar-refractivity contribution in [1.82, 2.24) is 15.5 Å². The average Bonchev–Trinajstić information content (AvgIpc) is 2.99. The molecule has 0 aliphatic carbocycles. The Kier molecular flexibility index (Phi) is 10.7. The molecule has 8 nitrogen and oxygen atoms in total. The molecule has 2 aromatic rings. The zero-order valence-electron chi connectivity index (χ0n) is 26.2. The van der Waals surface area contributed by atoms with Crippen LogP contribution in [0.1, 0.15) is 61.5 Å². The lowest BCUT2D eigenvalue weighted by Crippen LogP contribution is -2.50. The van der Waals surface area contributed by atoms with E-state index in [1.54, 1.807) is 0 Å². The first-order valence-electron chi connectivity index (χ1n) is 16.0. The molecule has 3 unspecified atom stereocenters. The van der Waals surface area contributed by atoms with Gasteiger partial charge in [-0.1, -0.05) is 42.4 Å². The van der Waals surface area contributed by atoms with E-state index >= 15 is 0 Å². The number of amides is 2. The lowest BCUT2D eigenvalue weighted by molar-refractivity contribution is -0.129. The van der Waals surface area contributed by atoms with Crippen LogP contribution in [0.5, 0.6) is 0 Å². The lowest BCUT2D eigenvalue weighted by Gasteiger charge is -2.37. The molecule has 3 heterocycles. The summed E-state index contributed by atoms with van der Waals surface area (Å²) in [6, 6.07) is 13.3. The predicted molar refractivity (Wildman–Crippen MR) is 174 cm³/mol. The van der Waals surface area contributed by atoms with Gasteiger partial charge in [0.25, 0.3) is 5.91 Å². The van der Waals surface area contributed by atoms with Crippen molar-refractivity contribution < 1.29 is 18.9 Å². The number of benzene rings is 2. The van der Waals surface area contributed by atoms with Gasteiger partial charge in [-0.2, -0.15) is 0 Å². The molecular formula is C34H48N4O4S. The van der Waals surface area contributed by atoms with Crippen LogP contribution in [0, 0.1) is 18.8 Å². The van der Waals surface area contributed by atoms with Crippen LogP contribution in [0.15, 0.2) is 36.4 Å². The van der Waals surface area contributed by atoms with Crippen molar-refractivity contribution in [2.75, 3.05) is 55.8 Å². The molecule has 234 valence electrons. The van der Waals surface area contributed by atoms with Crippen LogP contribution in [-0.4, -0.2) is 84.2 Å². The molecule has 3 aliphatic rings. The molecule has 3 saturated heterocycles. The third-order valence-corrected chi connectivity index (χ3v) is 10.9. The van der Waals surface area contributed by atoms with Gasteiger partial charge in [0.05, 0.1) is 19.1 Å². The van der Waals surface area contributed by atoms with Gasteiger partial charge in [-0.15, -0.1) is 0 Å². The number of hydrogen-bond acceptors (Lipinski definition) is 6. The summed E-state index contributed by atoms with van der Waals surface area (Å²) in [6.45, 7) is 13.8. The summed E-state index contributed by atoms with van der Waals surface area (Å²) in [6.07, 6.45) is 2.67. The summed E-state index contributed by atoms with van der Waals surface area (Å²) in [7, 11) is 0. The quantitative estimate of drug-likeness (QED) is 0.416. The number of nitrogens with zero attached hydrogens (tertiary/aromatic N) is 2. The fourth-order valence-corrected chi connectivity index (χ4v) is 8.19. The van der Waals surface area contributed by atoms with Crippen LogP contribution >= 0.6 is 0 Å². The molecular weight excluding hydrogens is 560 g/mol. The molecule has 0 radical (unpaired) electrons. The molecule has 3 aliphatic heterocycles. The van der Waals surface area contributed by atoms with Crippen molar-refractivity contribution in [3.63, 3.8) is 0 Å². The Bertz CT molecular complexity index is 1260. The maximum atomic E-state index is 13.8. The second-order valence-corrected chi connectivity index (χ2v) is 14.3. The Hall–Kier alpha value is -2.59. The number of ether oxygens (including phenoxy) is 1. The maximum Gasteiger partial charge on any atom is 0.251 e. The van der Waals surface area contributed by atoms with Gasteiger partial charge in [0.1, 0.15) is 11.5 Å². The number of anilines is 1. The molecule has 0 spiro atoms. The highest BCUT2D eigenvalue weighted by molar-refractivity contribution is 7.91. The smallest absolute Gasteiger partial charge is 0.251 e. The Balaban J connectivity index is 1.43. The van der Waals surface area contributed by atoms with Crippen molar-refractivity contribution >= 4 is 28.7 Å². The minimum Gasteiger partial charge on any atom is -0.616 e. The van der Waals surface area contributed by atoms with Gasteiger partial charge >= 0.3 is 0 Å². The van der Waals surface area contributed by atoms with E-state index in [-0.39, 0.29) is 35.7 Å². The first-order chi connectivity index (χ1) is 20.7. The minimum absolute atomic E-state index is 0.0155. The van der Waals surface area contributed by atoms with Crippen molar-refractivity contribution in [2.24, 2.45) is 11.8 Å². The molecule has 0 aromatic heterocycles. The van der Waals surface area contributed by atoms with E-state index in [0.29, 0.717) is 12.1 Å². The van der Waals surface area contributed by atoms with Crippen LogP contribution in [0.25, 0.3) is 11.1 Å². The zero-order chi connectivity index (χ0) is 30.5. The maximum absolute atomic E-state index is 13.8. The Morgan fingerprint density at radius 1 is 1.12 bits per heavy atom. The number of morpholine rings is 1. The van der Waals surface area contributed by atoms with E-state index < -0.39 is 11.2 Å². The summed E-state index contributed by atoms with van der Waals surface area (Å²) in [4.78, 5) is 31.3. The molecule has 5 rings (SSSR count). The first kappa shape index (κ1) is 31.8. The van der Waals surface area contributed by atoms with Gasteiger partial charge in [0.15, 0.2) is 0 Å². The number of carbonyl (C=O) groups is 2. The third-order valence-electron chi connectivity index (χ3n) is 9.49. The zero-order valence-corrected chi connectivity index (χ0v) is 27.0. The second kappa shape index (κ2) is 14.5. The Morgan fingerprint density at radius 3 is 2.47 bits per heavy atom. The van der Waals surface area contributed by atoms with E-state index in [4.69, 9.17) is 4.74 Å².